The summed E-state index contributed by atoms with van der Waals surface area (Å²) in [4.78, 5) is 0. The van der Waals surface area contributed by atoms with Crippen molar-refractivity contribution in [2.24, 2.45) is 0 Å². The maximum Gasteiger partial charge on any atom is 0.0464 e. The molecule has 2 N–H and O–H groups in total. The van der Waals surface area contributed by atoms with Crippen LogP contribution in [-0.2, 0) is 6.42 Å². The molecule has 0 unspecified atom stereocenters. The Morgan fingerprint density at radius 3 is 2.35 bits per heavy atom. The van der Waals surface area contributed by atoms with Gasteiger partial charge < -0.3 is 5.73 Å². The lowest BCUT2D eigenvalue weighted by Gasteiger charge is -2.13. The van der Waals surface area contributed by atoms with Gasteiger partial charge in [-0.25, -0.2) is 0 Å². The lowest BCUT2D eigenvalue weighted by Crippen LogP contribution is -1.99. The zero-order chi connectivity index (χ0) is 12.4. The fraction of sp³-hybridized carbons (Fsp3) is 0.200. The number of nitrogens with two attached hydrogens (primary N) is 1. The van der Waals surface area contributed by atoms with E-state index in [9.17, 15) is 0 Å². The summed E-state index contributed by atoms with van der Waals surface area (Å²) in [5.41, 5.74) is 12.0. The van der Waals surface area contributed by atoms with E-state index in [2.05, 4.69) is 60.1 Å². The van der Waals surface area contributed by atoms with E-state index in [1.807, 2.05) is 6.07 Å². The third kappa shape index (κ3) is 2.52. The van der Waals surface area contributed by atoms with Gasteiger partial charge in [0.05, 0.1) is 0 Å². The van der Waals surface area contributed by atoms with Crippen molar-refractivity contribution >= 4 is 21.6 Å². The molecule has 0 fully saturated rings. The summed E-state index contributed by atoms with van der Waals surface area (Å²) in [5.74, 6) is 0. The van der Waals surface area contributed by atoms with Crippen LogP contribution in [0.25, 0.3) is 0 Å². The zero-order valence-corrected chi connectivity index (χ0v) is 11.7. The standard InChI is InChI=1S/C15H16BrN/c1-10-11(2)15(16)14(17)9-13(10)8-12-6-4-3-5-7-12/h3-7,9H,8,17H2,1-2H3. The highest BCUT2D eigenvalue weighted by molar-refractivity contribution is 9.10. The lowest BCUT2D eigenvalue weighted by atomic mass is 9.96. The Kier molecular flexibility index (Phi) is 3.53. The van der Waals surface area contributed by atoms with Crippen molar-refractivity contribution in [1.82, 2.24) is 0 Å². The van der Waals surface area contributed by atoms with E-state index in [4.69, 9.17) is 5.73 Å². The third-order valence-electron chi connectivity index (χ3n) is 3.19. The van der Waals surface area contributed by atoms with E-state index in [1.165, 1.54) is 22.3 Å². The summed E-state index contributed by atoms with van der Waals surface area (Å²) in [6.45, 7) is 4.25. The molecule has 1 nitrogen and oxygen atoms in total. The normalized spacial score (nSPS) is 10.5. The smallest absolute Gasteiger partial charge is 0.0464 e. The van der Waals surface area contributed by atoms with E-state index in [0.717, 1.165) is 16.6 Å². The van der Waals surface area contributed by atoms with Gasteiger partial charge >= 0.3 is 0 Å². The second kappa shape index (κ2) is 4.92. The molecule has 0 aromatic heterocycles. The third-order valence-corrected chi connectivity index (χ3v) is 4.25. The topological polar surface area (TPSA) is 26.0 Å². The average Bonchev–Trinajstić information content (AvgIpc) is 2.35. The van der Waals surface area contributed by atoms with Gasteiger partial charge in [0, 0.05) is 10.2 Å². The Morgan fingerprint density at radius 1 is 1.06 bits per heavy atom. The Balaban J connectivity index is 2.41. The van der Waals surface area contributed by atoms with Crippen LogP contribution < -0.4 is 5.73 Å². The van der Waals surface area contributed by atoms with Crippen LogP contribution in [0.4, 0.5) is 5.69 Å². The van der Waals surface area contributed by atoms with Gasteiger partial charge in [-0.2, -0.15) is 0 Å². The predicted octanol–water partition coefficient (Wildman–Crippen LogP) is 4.24. The first-order valence-electron chi connectivity index (χ1n) is 5.67. The predicted molar refractivity (Wildman–Crippen MR) is 77.3 cm³/mol. The molecule has 0 heterocycles. The molecule has 0 amide bonds. The van der Waals surface area contributed by atoms with Gasteiger partial charge in [0.2, 0.25) is 0 Å². The molecule has 0 aliphatic heterocycles. The molecule has 2 rings (SSSR count). The van der Waals surface area contributed by atoms with E-state index in [-0.39, 0.29) is 0 Å². The molecule has 0 spiro atoms. The fourth-order valence-electron chi connectivity index (χ4n) is 1.98. The van der Waals surface area contributed by atoms with Gasteiger partial charge in [0.1, 0.15) is 0 Å². The van der Waals surface area contributed by atoms with Crippen LogP contribution in [0.15, 0.2) is 40.9 Å². The van der Waals surface area contributed by atoms with E-state index in [0.29, 0.717) is 0 Å². The van der Waals surface area contributed by atoms with Gasteiger partial charge in [0.15, 0.2) is 0 Å². The summed E-state index contributed by atoms with van der Waals surface area (Å²) >= 11 is 3.52. The minimum atomic E-state index is 0.819. The first kappa shape index (κ1) is 12.2. The van der Waals surface area contributed by atoms with Gasteiger partial charge in [-0.15, -0.1) is 0 Å². The Hall–Kier alpha value is -1.28. The van der Waals surface area contributed by atoms with Crippen LogP contribution >= 0.6 is 15.9 Å². The van der Waals surface area contributed by atoms with Crippen LogP contribution in [-0.4, -0.2) is 0 Å². The minimum Gasteiger partial charge on any atom is -0.398 e. The number of hydrogen-bond donors (Lipinski definition) is 1. The molecule has 88 valence electrons. The first-order valence-corrected chi connectivity index (χ1v) is 6.47. The molecule has 0 atom stereocenters. The average molecular weight is 290 g/mol. The number of rotatable bonds is 2. The molecule has 17 heavy (non-hydrogen) atoms. The van der Waals surface area contributed by atoms with Gasteiger partial charge in [0.25, 0.3) is 0 Å². The van der Waals surface area contributed by atoms with Crippen LogP contribution in [0.2, 0.25) is 0 Å². The summed E-state index contributed by atoms with van der Waals surface area (Å²) in [5, 5.41) is 0. The fourth-order valence-corrected chi connectivity index (χ4v) is 2.39. The van der Waals surface area contributed by atoms with Crippen LogP contribution in [0.3, 0.4) is 0 Å². The summed E-state index contributed by atoms with van der Waals surface area (Å²) in [6.07, 6.45) is 0.936. The van der Waals surface area contributed by atoms with Crippen LogP contribution in [0, 0.1) is 13.8 Å². The lowest BCUT2D eigenvalue weighted by molar-refractivity contribution is 1.13. The minimum absolute atomic E-state index is 0.819. The Morgan fingerprint density at radius 2 is 1.71 bits per heavy atom. The first-order chi connectivity index (χ1) is 8.09. The number of halogens is 1. The molecule has 0 saturated carbocycles. The summed E-state index contributed by atoms with van der Waals surface area (Å²) < 4.78 is 1.02. The summed E-state index contributed by atoms with van der Waals surface area (Å²) in [6, 6.07) is 12.5. The van der Waals surface area contributed by atoms with Crippen LogP contribution in [0.5, 0.6) is 0 Å². The highest BCUT2D eigenvalue weighted by Crippen LogP contribution is 2.30. The van der Waals surface area contributed by atoms with Crippen molar-refractivity contribution in [3.63, 3.8) is 0 Å². The highest BCUT2D eigenvalue weighted by Gasteiger charge is 2.08. The maximum atomic E-state index is 6.00. The highest BCUT2D eigenvalue weighted by atomic mass is 79.9. The molecule has 2 heteroatoms. The number of anilines is 1. The van der Waals surface area contributed by atoms with Crippen molar-refractivity contribution < 1.29 is 0 Å². The van der Waals surface area contributed by atoms with Crippen molar-refractivity contribution in [1.29, 1.82) is 0 Å². The number of hydrogen-bond acceptors (Lipinski definition) is 1. The molecule has 0 radical (unpaired) electrons. The van der Waals surface area contributed by atoms with E-state index in [1.54, 1.807) is 0 Å². The second-order valence-electron chi connectivity index (χ2n) is 4.35. The number of nitrogen functional groups attached to an aromatic ring is 1. The summed E-state index contributed by atoms with van der Waals surface area (Å²) in [7, 11) is 0. The van der Waals surface area contributed by atoms with Crippen molar-refractivity contribution in [2.45, 2.75) is 20.3 Å². The Bertz CT molecular complexity index is 532. The molecular formula is C15H16BrN. The molecular weight excluding hydrogens is 274 g/mol. The molecule has 2 aromatic rings. The van der Waals surface area contributed by atoms with Crippen molar-refractivity contribution in [2.75, 3.05) is 5.73 Å². The molecule has 0 bridgehead atoms. The molecule has 0 saturated heterocycles. The monoisotopic (exact) mass is 289 g/mol. The molecule has 0 aliphatic rings. The van der Waals surface area contributed by atoms with Gasteiger partial charge in [-0.05, 0) is 64.5 Å². The van der Waals surface area contributed by atoms with E-state index >= 15 is 0 Å². The largest absolute Gasteiger partial charge is 0.398 e. The maximum absolute atomic E-state index is 6.00. The zero-order valence-electron chi connectivity index (χ0n) is 10.1. The van der Waals surface area contributed by atoms with Crippen LogP contribution in [0.1, 0.15) is 22.3 Å². The van der Waals surface area contributed by atoms with Crippen molar-refractivity contribution in [3.05, 3.63) is 63.1 Å². The molecule has 2 aromatic carbocycles. The van der Waals surface area contributed by atoms with Crippen molar-refractivity contribution in [3.8, 4) is 0 Å². The van der Waals surface area contributed by atoms with E-state index < -0.39 is 0 Å². The quantitative estimate of drug-likeness (QED) is 0.823. The van der Waals surface area contributed by atoms with Gasteiger partial charge in [-0.1, -0.05) is 30.3 Å². The number of benzene rings is 2. The SMILES string of the molecule is Cc1c(Cc2ccccc2)cc(N)c(Br)c1C. The molecule has 0 aliphatic carbocycles. The second-order valence-corrected chi connectivity index (χ2v) is 5.14. The Labute approximate surface area is 111 Å². The van der Waals surface area contributed by atoms with Gasteiger partial charge in [-0.3, -0.25) is 0 Å².